The molecule has 0 bridgehead atoms. The quantitative estimate of drug-likeness (QED) is 0.871. The maximum Gasteiger partial charge on any atom is 0.0645 e. The van der Waals surface area contributed by atoms with Gasteiger partial charge in [-0.3, -0.25) is 4.90 Å². The number of hydrogen-bond donors (Lipinski definition) is 1. The normalized spacial score (nSPS) is 19.2. The minimum Gasteiger partial charge on any atom is -0.314 e. The second-order valence-corrected chi connectivity index (χ2v) is 7.03. The van der Waals surface area contributed by atoms with Crippen molar-refractivity contribution in [2.45, 2.75) is 38.3 Å². The van der Waals surface area contributed by atoms with E-state index in [0.29, 0.717) is 0 Å². The summed E-state index contributed by atoms with van der Waals surface area (Å²) < 4.78 is 1.97. The Morgan fingerprint density at radius 2 is 1.79 bits per heavy atom. The van der Waals surface area contributed by atoms with Crippen LogP contribution in [0.4, 0.5) is 0 Å². The van der Waals surface area contributed by atoms with E-state index in [4.69, 9.17) is 0 Å². The SMILES string of the molecule is Cl.c1ccc(-n2cc(CN3CCC(NCC4CC4)CC3)cn2)cc1. The Balaban J connectivity index is 0.00000169. The summed E-state index contributed by atoms with van der Waals surface area (Å²) in [6.45, 7) is 4.65. The number of nitrogens with zero attached hydrogens (tertiary/aromatic N) is 3. The van der Waals surface area contributed by atoms with Gasteiger partial charge in [-0.1, -0.05) is 18.2 Å². The van der Waals surface area contributed by atoms with Crippen molar-refractivity contribution in [2.75, 3.05) is 19.6 Å². The summed E-state index contributed by atoms with van der Waals surface area (Å²) in [5.74, 6) is 0.983. The Bertz CT molecular complexity index is 615. The molecule has 0 spiro atoms. The number of halogens is 1. The molecular formula is C19H27ClN4. The van der Waals surface area contributed by atoms with Gasteiger partial charge in [0.15, 0.2) is 0 Å². The lowest BCUT2D eigenvalue weighted by molar-refractivity contribution is 0.190. The molecule has 24 heavy (non-hydrogen) atoms. The lowest BCUT2D eigenvalue weighted by atomic mass is 10.0. The molecule has 0 amide bonds. The van der Waals surface area contributed by atoms with Crippen LogP contribution >= 0.6 is 12.4 Å². The van der Waals surface area contributed by atoms with Crippen molar-refractivity contribution >= 4 is 12.4 Å². The molecule has 2 aromatic rings. The summed E-state index contributed by atoms with van der Waals surface area (Å²) >= 11 is 0. The summed E-state index contributed by atoms with van der Waals surface area (Å²) in [6, 6.07) is 11.1. The molecule has 5 heteroatoms. The zero-order valence-corrected chi connectivity index (χ0v) is 14.9. The van der Waals surface area contributed by atoms with Gasteiger partial charge in [-0.2, -0.15) is 5.10 Å². The number of hydrogen-bond acceptors (Lipinski definition) is 3. The summed E-state index contributed by atoms with van der Waals surface area (Å²) in [6.07, 6.45) is 9.60. The Labute approximate surface area is 150 Å². The van der Waals surface area contributed by atoms with E-state index in [1.807, 2.05) is 16.9 Å². The van der Waals surface area contributed by atoms with Crippen LogP contribution in [0.25, 0.3) is 5.69 Å². The molecule has 2 fully saturated rings. The molecule has 1 aliphatic heterocycles. The molecule has 1 aromatic carbocycles. The van der Waals surface area contributed by atoms with Crippen LogP contribution in [-0.4, -0.2) is 40.4 Å². The monoisotopic (exact) mass is 346 g/mol. The van der Waals surface area contributed by atoms with Crippen LogP contribution in [0, 0.1) is 5.92 Å². The predicted molar refractivity (Wildman–Crippen MR) is 99.8 cm³/mol. The largest absolute Gasteiger partial charge is 0.314 e. The first-order valence-corrected chi connectivity index (χ1v) is 8.91. The van der Waals surface area contributed by atoms with Crippen molar-refractivity contribution in [3.63, 3.8) is 0 Å². The van der Waals surface area contributed by atoms with Crippen LogP contribution in [0.2, 0.25) is 0 Å². The summed E-state index contributed by atoms with van der Waals surface area (Å²) in [4.78, 5) is 2.56. The molecule has 1 saturated carbocycles. The smallest absolute Gasteiger partial charge is 0.0645 e. The molecule has 1 N–H and O–H groups in total. The number of nitrogens with one attached hydrogen (secondary N) is 1. The van der Waals surface area contributed by atoms with Gasteiger partial charge in [0.1, 0.15) is 0 Å². The number of aromatic nitrogens is 2. The van der Waals surface area contributed by atoms with Gasteiger partial charge in [-0.25, -0.2) is 4.68 Å². The number of benzene rings is 1. The van der Waals surface area contributed by atoms with Gasteiger partial charge in [-0.15, -0.1) is 12.4 Å². The molecule has 0 atom stereocenters. The fourth-order valence-corrected chi connectivity index (χ4v) is 3.37. The first-order chi connectivity index (χ1) is 11.4. The van der Waals surface area contributed by atoms with Gasteiger partial charge in [0.05, 0.1) is 11.9 Å². The van der Waals surface area contributed by atoms with Crippen molar-refractivity contribution in [3.05, 3.63) is 48.3 Å². The van der Waals surface area contributed by atoms with Crippen molar-refractivity contribution < 1.29 is 0 Å². The van der Waals surface area contributed by atoms with Crippen LogP contribution < -0.4 is 5.32 Å². The Morgan fingerprint density at radius 1 is 1.04 bits per heavy atom. The van der Waals surface area contributed by atoms with E-state index in [1.165, 1.54) is 50.9 Å². The van der Waals surface area contributed by atoms with Crippen molar-refractivity contribution in [2.24, 2.45) is 5.92 Å². The fourth-order valence-electron chi connectivity index (χ4n) is 3.37. The van der Waals surface area contributed by atoms with Gasteiger partial charge >= 0.3 is 0 Å². The lowest BCUT2D eigenvalue weighted by Gasteiger charge is -2.32. The van der Waals surface area contributed by atoms with E-state index in [-0.39, 0.29) is 12.4 Å². The third kappa shape index (κ3) is 4.59. The Hall–Kier alpha value is -1.36. The highest BCUT2D eigenvalue weighted by molar-refractivity contribution is 5.85. The van der Waals surface area contributed by atoms with Gasteiger partial charge in [0, 0.05) is 24.3 Å². The molecular weight excluding hydrogens is 320 g/mol. The summed E-state index contributed by atoms with van der Waals surface area (Å²) in [5, 5.41) is 8.25. The highest BCUT2D eigenvalue weighted by atomic mass is 35.5. The summed E-state index contributed by atoms with van der Waals surface area (Å²) in [5.41, 5.74) is 2.43. The Morgan fingerprint density at radius 3 is 2.50 bits per heavy atom. The number of piperidine rings is 1. The molecule has 2 aliphatic rings. The molecule has 1 saturated heterocycles. The van der Waals surface area contributed by atoms with Crippen LogP contribution in [0.5, 0.6) is 0 Å². The minimum atomic E-state index is 0. The van der Waals surface area contributed by atoms with Gasteiger partial charge in [-0.05, 0) is 63.4 Å². The minimum absolute atomic E-state index is 0. The van der Waals surface area contributed by atoms with E-state index in [0.717, 1.165) is 24.2 Å². The third-order valence-corrected chi connectivity index (χ3v) is 5.04. The number of para-hydroxylation sites is 1. The first kappa shape index (κ1) is 17.5. The average molecular weight is 347 g/mol. The molecule has 0 unspecified atom stereocenters. The zero-order valence-electron chi connectivity index (χ0n) is 14.1. The van der Waals surface area contributed by atoms with Crippen LogP contribution in [0.1, 0.15) is 31.2 Å². The van der Waals surface area contributed by atoms with E-state index < -0.39 is 0 Å². The van der Waals surface area contributed by atoms with Crippen LogP contribution in [0.15, 0.2) is 42.7 Å². The molecule has 0 radical (unpaired) electrons. The van der Waals surface area contributed by atoms with Crippen LogP contribution in [0.3, 0.4) is 0 Å². The van der Waals surface area contributed by atoms with Gasteiger partial charge in [0.25, 0.3) is 0 Å². The maximum absolute atomic E-state index is 4.50. The lowest BCUT2D eigenvalue weighted by Crippen LogP contribution is -2.42. The zero-order chi connectivity index (χ0) is 15.5. The first-order valence-electron chi connectivity index (χ1n) is 8.91. The van der Waals surface area contributed by atoms with E-state index in [1.54, 1.807) is 0 Å². The highest BCUT2D eigenvalue weighted by Gasteiger charge is 2.24. The standard InChI is InChI=1S/C19H26N4.ClH/c1-2-4-19(5-3-1)23-15-17(13-21-23)14-22-10-8-18(9-11-22)20-12-16-6-7-16;/h1-5,13,15-16,18,20H,6-12,14H2;1H. The van der Waals surface area contributed by atoms with Crippen molar-refractivity contribution in [1.82, 2.24) is 20.0 Å². The topological polar surface area (TPSA) is 33.1 Å². The number of rotatable bonds is 6. The molecule has 4 nitrogen and oxygen atoms in total. The van der Waals surface area contributed by atoms with Crippen molar-refractivity contribution in [1.29, 1.82) is 0 Å². The summed E-state index contributed by atoms with van der Waals surface area (Å²) in [7, 11) is 0. The molecule has 1 aromatic heterocycles. The maximum atomic E-state index is 4.50. The highest BCUT2D eigenvalue weighted by Crippen LogP contribution is 2.28. The molecule has 2 heterocycles. The second-order valence-electron chi connectivity index (χ2n) is 7.03. The molecule has 130 valence electrons. The van der Waals surface area contributed by atoms with E-state index >= 15 is 0 Å². The average Bonchev–Trinajstić information content (AvgIpc) is 3.32. The van der Waals surface area contributed by atoms with E-state index in [9.17, 15) is 0 Å². The van der Waals surface area contributed by atoms with Gasteiger partial charge < -0.3 is 5.32 Å². The second kappa shape index (κ2) is 8.15. The van der Waals surface area contributed by atoms with Gasteiger partial charge in [0.2, 0.25) is 0 Å². The number of likely N-dealkylation sites (tertiary alicyclic amines) is 1. The Kier molecular flexibility index (Phi) is 5.93. The molecule has 1 aliphatic carbocycles. The van der Waals surface area contributed by atoms with Crippen LogP contribution in [-0.2, 0) is 6.54 Å². The van der Waals surface area contributed by atoms with E-state index in [2.05, 4.69) is 45.8 Å². The predicted octanol–water partition coefficient (Wildman–Crippen LogP) is 3.26. The third-order valence-electron chi connectivity index (χ3n) is 5.04. The molecule has 4 rings (SSSR count). The fraction of sp³-hybridized carbons (Fsp3) is 0.526. The van der Waals surface area contributed by atoms with Crippen molar-refractivity contribution in [3.8, 4) is 5.69 Å².